The summed E-state index contributed by atoms with van der Waals surface area (Å²) in [5.41, 5.74) is 9.94. The molecule has 36 heavy (non-hydrogen) atoms. The van der Waals surface area contributed by atoms with E-state index in [0.717, 1.165) is 5.56 Å². The molecular formula is C22H28N4O10. The SMILES string of the molecule is CC1=NC2[C@@H](O1)OC(CO)[C@@H](O[C@@H]1OC3COC(c4ccc(CN=[N+]=[N-])cc4)O[C@@H]3[C@H](O)C1O)[C@@H]2O. The van der Waals surface area contributed by atoms with Crippen LogP contribution in [-0.4, -0.2) is 101 Å². The molecule has 4 aliphatic heterocycles. The summed E-state index contributed by atoms with van der Waals surface area (Å²) in [7, 11) is 0. The Morgan fingerprint density at radius 3 is 2.61 bits per heavy atom. The van der Waals surface area contributed by atoms with Gasteiger partial charge in [0.25, 0.3) is 0 Å². The van der Waals surface area contributed by atoms with Crippen molar-refractivity contribution in [1.29, 1.82) is 0 Å². The molecule has 5 unspecified atom stereocenters. The van der Waals surface area contributed by atoms with E-state index in [4.69, 9.17) is 34.0 Å². The van der Waals surface area contributed by atoms with Crippen molar-refractivity contribution >= 4 is 5.90 Å². The Bertz CT molecular complexity index is 1000. The second-order valence-electron chi connectivity index (χ2n) is 8.99. The molecular weight excluding hydrogens is 480 g/mol. The monoisotopic (exact) mass is 508 g/mol. The Balaban J connectivity index is 1.24. The molecule has 14 heteroatoms. The molecule has 4 aliphatic rings. The van der Waals surface area contributed by atoms with Gasteiger partial charge in [0.05, 0.1) is 19.8 Å². The Morgan fingerprint density at radius 1 is 1.11 bits per heavy atom. The molecule has 0 aliphatic carbocycles. The van der Waals surface area contributed by atoms with E-state index in [1.54, 1.807) is 31.2 Å². The van der Waals surface area contributed by atoms with E-state index in [1.165, 1.54) is 0 Å². The van der Waals surface area contributed by atoms with Crippen LogP contribution in [0.2, 0.25) is 0 Å². The van der Waals surface area contributed by atoms with Crippen LogP contribution in [-0.2, 0) is 35.0 Å². The van der Waals surface area contributed by atoms with Crippen molar-refractivity contribution in [2.24, 2.45) is 10.1 Å². The van der Waals surface area contributed by atoms with E-state index in [1.807, 2.05) is 0 Å². The summed E-state index contributed by atoms with van der Waals surface area (Å²) in [5.74, 6) is 0.338. The molecule has 0 aromatic heterocycles. The molecule has 11 atom stereocenters. The standard InChI is InChI=1S/C22H28N4O10/c1-9-25-14-15(28)18(12(7-27)33-21(14)32-9)36-22-17(30)16(29)19-13(34-22)8-31-20(35-19)11-4-2-10(3-5-11)6-24-26-23/h2-5,12-22,27-30H,6-8H2,1H3/t12?,13?,14?,15-,16-,17?,18-,19+,20?,21+,22+/m1/s1. The molecule has 5 rings (SSSR count). The molecule has 196 valence electrons. The van der Waals surface area contributed by atoms with Crippen molar-refractivity contribution in [2.45, 2.75) is 81.1 Å². The van der Waals surface area contributed by atoms with Gasteiger partial charge in [0.15, 0.2) is 18.5 Å². The molecule has 3 fully saturated rings. The van der Waals surface area contributed by atoms with Crippen LogP contribution in [0.25, 0.3) is 10.4 Å². The van der Waals surface area contributed by atoms with Crippen molar-refractivity contribution < 1.29 is 48.8 Å². The van der Waals surface area contributed by atoms with Gasteiger partial charge in [-0.3, -0.25) is 0 Å². The zero-order chi connectivity index (χ0) is 25.4. The van der Waals surface area contributed by atoms with E-state index in [-0.39, 0.29) is 13.2 Å². The summed E-state index contributed by atoms with van der Waals surface area (Å²) in [5, 5.41) is 45.7. The Morgan fingerprint density at radius 2 is 1.89 bits per heavy atom. The number of aliphatic imine (C=N–C) groups is 1. The van der Waals surface area contributed by atoms with Gasteiger partial charge >= 0.3 is 0 Å². The number of ether oxygens (including phenoxy) is 6. The second-order valence-corrected chi connectivity index (χ2v) is 8.99. The lowest BCUT2D eigenvalue weighted by Gasteiger charge is -2.48. The average molecular weight is 508 g/mol. The van der Waals surface area contributed by atoms with Crippen molar-refractivity contribution in [3.63, 3.8) is 0 Å². The minimum atomic E-state index is -1.52. The molecule has 0 bridgehead atoms. The van der Waals surface area contributed by atoms with Gasteiger partial charge in [-0.25, -0.2) is 4.99 Å². The van der Waals surface area contributed by atoms with Crippen LogP contribution < -0.4 is 0 Å². The predicted octanol–water partition coefficient (Wildman–Crippen LogP) is -0.362. The maximum atomic E-state index is 10.8. The Hall–Kier alpha value is -2.36. The first-order valence-electron chi connectivity index (χ1n) is 11.6. The predicted molar refractivity (Wildman–Crippen MR) is 118 cm³/mol. The smallest absolute Gasteiger partial charge is 0.227 e. The van der Waals surface area contributed by atoms with Crippen molar-refractivity contribution in [1.82, 2.24) is 0 Å². The number of rotatable bonds is 6. The van der Waals surface area contributed by atoms with Gasteiger partial charge < -0.3 is 48.8 Å². The van der Waals surface area contributed by atoms with Gasteiger partial charge in [0.2, 0.25) is 6.29 Å². The number of hydrogen-bond donors (Lipinski definition) is 4. The molecule has 0 amide bonds. The van der Waals surface area contributed by atoms with Crippen LogP contribution in [0.3, 0.4) is 0 Å². The van der Waals surface area contributed by atoms with Crippen molar-refractivity contribution in [2.75, 3.05) is 13.2 Å². The summed E-state index contributed by atoms with van der Waals surface area (Å²) in [6.07, 6.45) is -10.9. The summed E-state index contributed by atoms with van der Waals surface area (Å²) in [4.78, 5) is 6.94. The van der Waals surface area contributed by atoms with Gasteiger partial charge in [-0.1, -0.05) is 29.4 Å². The summed E-state index contributed by atoms with van der Waals surface area (Å²) in [6, 6.07) is 6.30. The summed E-state index contributed by atoms with van der Waals surface area (Å²) >= 11 is 0. The quantitative estimate of drug-likeness (QED) is 0.224. The third-order valence-electron chi connectivity index (χ3n) is 6.63. The van der Waals surface area contributed by atoms with Gasteiger partial charge in [-0.2, -0.15) is 0 Å². The maximum Gasteiger partial charge on any atom is 0.227 e. The molecule has 14 nitrogen and oxygen atoms in total. The van der Waals surface area contributed by atoms with E-state index in [0.29, 0.717) is 11.5 Å². The van der Waals surface area contributed by atoms with E-state index in [2.05, 4.69) is 15.0 Å². The number of benzene rings is 1. The minimum Gasteiger partial charge on any atom is -0.450 e. The molecule has 0 spiro atoms. The number of fused-ring (bicyclic) bond motifs is 2. The van der Waals surface area contributed by atoms with Crippen LogP contribution in [0, 0.1) is 0 Å². The lowest BCUT2D eigenvalue weighted by molar-refractivity contribution is -0.378. The highest BCUT2D eigenvalue weighted by molar-refractivity contribution is 5.75. The zero-order valence-electron chi connectivity index (χ0n) is 19.3. The number of nitrogens with zero attached hydrogens (tertiary/aromatic N) is 4. The third-order valence-corrected chi connectivity index (χ3v) is 6.63. The molecule has 3 saturated heterocycles. The van der Waals surface area contributed by atoms with Crippen LogP contribution >= 0.6 is 0 Å². The summed E-state index contributed by atoms with van der Waals surface area (Å²) < 4.78 is 34.5. The topological polar surface area (TPSA) is 197 Å². The zero-order valence-corrected chi connectivity index (χ0v) is 19.3. The van der Waals surface area contributed by atoms with Crippen LogP contribution in [0.5, 0.6) is 0 Å². The number of aliphatic hydroxyl groups excluding tert-OH is 4. The normalized spacial score (nSPS) is 41.9. The Labute approximate surface area is 205 Å². The fraction of sp³-hybridized carbons (Fsp3) is 0.682. The van der Waals surface area contributed by atoms with Crippen molar-refractivity contribution in [3.05, 3.63) is 45.8 Å². The molecule has 4 heterocycles. The highest BCUT2D eigenvalue weighted by Crippen LogP contribution is 2.37. The first-order chi connectivity index (χ1) is 17.4. The average Bonchev–Trinajstić information content (AvgIpc) is 3.27. The maximum absolute atomic E-state index is 10.8. The van der Waals surface area contributed by atoms with Crippen LogP contribution in [0.15, 0.2) is 34.4 Å². The fourth-order valence-corrected chi connectivity index (χ4v) is 4.77. The first-order valence-corrected chi connectivity index (χ1v) is 11.6. The van der Waals surface area contributed by atoms with Crippen molar-refractivity contribution in [3.8, 4) is 0 Å². The van der Waals surface area contributed by atoms with Gasteiger partial charge in [-0.05, 0) is 11.1 Å². The van der Waals surface area contributed by atoms with E-state index >= 15 is 0 Å². The van der Waals surface area contributed by atoms with Gasteiger partial charge in [-0.15, -0.1) is 0 Å². The lowest BCUT2D eigenvalue weighted by atomic mass is 9.95. The largest absolute Gasteiger partial charge is 0.450 e. The molecule has 0 saturated carbocycles. The van der Waals surface area contributed by atoms with E-state index < -0.39 is 74.2 Å². The fourth-order valence-electron chi connectivity index (χ4n) is 4.77. The van der Waals surface area contributed by atoms with Crippen LogP contribution in [0.4, 0.5) is 0 Å². The molecule has 4 N–H and O–H groups in total. The van der Waals surface area contributed by atoms with E-state index in [9.17, 15) is 20.4 Å². The first kappa shape index (κ1) is 25.3. The minimum absolute atomic E-state index is 0.0363. The number of hydrogen-bond acceptors (Lipinski definition) is 12. The molecule has 1 aromatic carbocycles. The molecule has 1 aromatic rings. The second kappa shape index (κ2) is 10.6. The molecule has 0 radical (unpaired) electrons. The highest BCUT2D eigenvalue weighted by Gasteiger charge is 2.54. The lowest BCUT2D eigenvalue weighted by Crippen LogP contribution is -2.65. The van der Waals surface area contributed by atoms with Gasteiger partial charge in [0.1, 0.15) is 48.8 Å². The third kappa shape index (κ3) is 4.80. The number of aliphatic hydroxyl groups is 4. The highest BCUT2D eigenvalue weighted by atomic mass is 16.8. The Kier molecular flexibility index (Phi) is 7.42. The summed E-state index contributed by atoms with van der Waals surface area (Å²) in [6.45, 7) is 1.39. The van der Waals surface area contributed by atoms with Gasteiger partial charge in [0, 0.05) is 17.4 Å². The number of azide groups is 1. The van der Waals surface area contributed by atoms with Crippen LogP contribution in [0.1, 0.15) is 24.3 Å².